The summed E-state index contributed by atoms with van der Waals surface area (Å²) in [5.74, 6) is 0. The van der Waals surface area contributed by atoms with Crippen LogP contribution in [0.2, 0.25) is 0 Å². The summed E-state index contributed by atoms with van der Waals surface area (Å²) in [6.07, 6.45) is 0. The Bertz CT molecular complexity index is 1900. The first-order valence-electron chi connectivity index (χ1n) is 10.3. The number of halogens is 24. The maximum Gasteiger partial charge on any atom is 2.00 e. The normalized spacial score (nSPS) is 14.8. The molecular weight excluding hydrogens is 1170 g/mol. The largest absolute Gasteiger partial charge is 2.00 e. The van der Waals surface area contributed by atoms with Crippen molar-refractivity contribution in [3.8, 4) is 0 Å². The van der Waals surface area contributed by atoms with Gasteiger partial charge in [0.25, 0.3) is 0 Å². The van der Waals surface area contributed by atoms with Crippen LogP contribution in [0.3, 0.4) is 0 Å². The van der Waals surface area contributed by atoms with Crippen LogP contribution in [0.25, 0.3) is 16.5 Å². The smallest absolute Gasteiger partial charge is 0.421 e. The maximum absolute atomic E-state index is 11.4. The summed E-state index contributed by atoms with van der Waals surface area (Å²) in [4.78, 5) is 0. The molecule has 0 amide bonds. The molecule has 0 heterocycles. The Morgan fingerprint density at radius 1 is 0.177 bits per heavy atom. The molecule has 0 spiro atoms. The molecule has 0 saturated heterocycles. The van der Waals surface area contributed by atoms with Crippen molar-refractivity contribution in [3.63, 3.8) is 0 Å². The molecule has 0 atom stereocenters. The Hall–Kier alpha value is -0.708. The minimum atomic E-state index is -6.72. The summed E-state index contributed by atoms with van der Waals surface area (Å²) in [6.45, 7) is 0. The second kappa shape index (κ2) is 21.5. The van der Waals surface area contributed by atoms with Gasteiger partial charge in [-0.05, 0) is 0 Å². The third-order valence-corrected chi connectivity index (χ3v) is 14.1. The van der Waals surface area contributed by atoms with E-state index in [-0.39, 0.29) is 46.1 Å². The van der Waals surface area contributed by atoms with Gasteiger partial charge >= 0.3 is 90.2 Å². The number of sulfonamides is 8. The minimum Gasteiger partial charge on any atom is -0.421 e. The van der Waals surface area contributed by atoms with Gasteiger partial charge < -0.3 is 16.5 Å². The Balaban J connectivity index is -0.000000167. The molecule has 0 aliphatic carbocycles. The SMILES string of the molecule is O=S(=O)([N-]S(=O)(=O)C(F)(F)F)C(F)(F)F.O=S(=O)([N-]S(=O)(=O)C(F)(F)F)C(F)(F)F.O=S(=O)([N-]S(=O)(=O)C(F)(F)F)C(F)(F)F.O=S(=O)([N-]S(=O)(=O)C(F)(F)F)C(F)(F)F.[Mg+2].[Mg+2]. The van der Waals surface area contributed by atoms with Crippen LogP contribution in [0, 0.1) is 0 Å². The van der Waals surface area contributed by atoms with E-state index in [0.29, 0.717) is 0 Å². The molecule has 0 aliphatic rings. The zero-order valence-corrected chi connectivity index (χ0v) is 35.4. The van der Waals surface area contributed by atoms with Crippen LogP contribution in [-0.2, 0) is 80.2 Å². The monoisotopic (exact) mass is 1170 g/mol. The van der Waals surface area contributed by atoms with E-state index < -0.39 is 124 Å². The number of hydrogen-bond donors (Lipinski definition) is 0. The minimum absolute atomic E-state index is 0. The van der Waals surface area contributed by atoms with E-state index in [4.69, 9.17) is 0 Å². The van der Waals surface area contributed by atoms with Crippen molar-refractivity contribution in [2.75, 3.05) is 0 Å². The molecule has 0 rings (SSSR count). The Labute approximate surface area is 357 Å². The first-order chi connectivity index (χ1) is 24.8. The fourth-order valence-corrected chi connectivity index (χ4v) is 7.69. The zero-order chi connectivity index (χ0) is 50.8. The number of rotatable bonds is 8. The van der Waals surface area contributed by atoms with Gasteiger partial charge in [-0.3, -0.25) is 0 Å². The standard InChI is InChI=1S/4C2F6NO4S2.2Mg/c4*3-1(4,5)14(10,11)9-15(12,13)2(6,7)8;;/q4*-1;2*+2. The molecule has 0 aromatic heterocycles. The summed E-state index contributed by atoms with van der Waals surface area (Å²) in [5.41, 5.74) is -49.6. The number of hydrogen-bond acceptors (Lipinski definition) is 16. The van der Waals surface area contributed by atoms with Crippen molar-refractivity contribution >= 4 is 126 Å². The number of nitrogens with zero attached hydrogens (tertiary/aromatic N) is 4. The van der Waals surface area contributed by atoms with E-state index in [1.165, 1.54) is 0 Å². The molecular formula is C8F24Mg2N4O16S8. The average molecular weight is 1170 g/mol. The predicted molar refractivity (Wildman–Crippen MR) is 145 cm³/mol. The van der Waals surface area contributed by atoms with Crippen molar-refractivity contribution in [3.05, 3.63) is 16.5 Å². The van der Waals surface area contributed by atoms with Gasteiger partial charge in [-0.2, -0.15) is 105 Å². The van der Waals surface area contributed by atoms with Crippen LogP contribution in [0.15, 0.2) is 0 Å². The molecule has 0 N–H and O–H groups in total. The fourth-order valence-electron chi connectivity index (χ4n) is 0.855. The molecule has 0 radical (unpaired) electrons. The van der Waals surface area contributed by atoms with Crippen LogP contribution in [-0.4, -0.2) is 158 Å². The van der Waals surface area contributed by atoms with Crippen molar-refractivity contribution in [2.24, 2.45) is 0 Å². The van der Waals surface area contributed by atoms with Gasteiger partial charge in [0.15, 0.2) is 80.2 Å². The van der Waals surface area contributed by atoms with Crippen molar-refractivity contribution in [2.45, 2.75) is 44.1 Å². The predicted octanol–water partition coefficient (Wildman–Crippen LogP) is 3.48. The van der Waals surface area contributed by atoms with Gasteiger partial charge in [0, 0.05) is 0 Å². The molecule has 0 aliphatic heterocycles. The summed E-state index contributed by atoms with van der Waals surface area (Å²) >= 11 is 0. The maximum atomic E-state index is 11.4. The molecule has 368 valence electrons. The van der Waals surface area contributed by atoms with E-state index in [9.17, 15) is 173 Å². The number of alkyl halides is 24. The van der Waals surface area contributed by atoms with Crippen LogP contribution >= 0.6 is 0 Å². The van der Waals surface area contributed by atoms with Crippen LogP contribution in [0.1, 0.15) is 0 Å². The Morgan fingerprint density at radius 3 is 0.258 bits per heavy atom. The van der Waals surface area contributed by atoms with Gasteiger partial charge in [-0.1, -0.05) is 0 Å². The molecule has 0 aromatic rings. The van der Waals surface area contributed by atoms with E-state index >= 15 is 0 Å². The third kappa shape index (κ3) is 22.2. The first kappa shape index (κ1) is 72.9. The van der Waals surface area contributed by atoms with Crippen LogP contribution in [0.5, 0.6) is 0 Å². The van der Waals surface area contributed by atoms with Crippen molar-refractivity contribution in [1.29, 1.82) is 0 Å². The molecule has 62 heavy (non-hydrogen) atoms. The van der Waals surface area contributed by atoms with E-state index in [1.54, 1.807) is 0 Å². The van der Waals surface area contributed by atoms with Gasteiger partial charge in [0.05, 0.1) is 0 Å². The van der Waals surface area contributed by atoms with E-state index in [0.717, 1.165) is 16.5 Å². The van der Waals surface area contributed by atoms with E-state index in [2.05, 4.69) is 0 Å². The molecule has 20 nitrogen and oxygen atoms in total. The Kier molecular flexibility index (Phi) is 25.3. The molecule has 0 saturated carbocycles. The third-order valence-electron chi connectivity index (χ3n) is 3.12. The second-order valence-corrected chi connectivity index (χ2v) is 21.4. The van der Waals surface area contributed by atoms with Gasteiger partial charge in [-0.15, -0.1) is 0 Å². The van der Waals surface area contributed by atoms with Gasteiger partial charge in [0.2, 0.25) is 0 Å². The fraction of sp³-hybridized carbons (Fsp3) is 1.00. The van der Waals surface area contributed by atoms with Crippen molar-refractivity contribution < 1.29 is 173 Å². The molecule has 0 bridgehead atoms. The zero-order valence-electron chi connectivity index (χ0n) is 26.1. The molecule has 0 unspecified atom stereocenters. The summed E-state index contributed by atoms with van der Waals surface area (Å²) in [7, 11) is -53.8. The molecule has 54 heteroatoms. The van der Waals surface area contributed by atoms with Crippen LogP contribution < -0.4 is 0 Å². The molecule has 0 fully saturated rings. The van der Waals surface area contributed by atoms with Gasteiger partial charge in [0.1, 0.15) is 0 Å². The molecule has 0 aromatic carbocycles. The average Bonchev–Trinajstić information content (AvgIpc) is 2.82. The quantitative estimate of drug-likeness (QED) is 0.248. The topological polar surface area (TPSA) is 330 Å². The second-order valence-electron chi connectivity index (χ2n) is 7.66. The Morgan fingerprint density at radius 2 is 0.226 bits per heavy atom. The summed E-state index contributed by atoms with van der Waals surface area (Å²) < 4.78 is 437. The summed E-state index contributed by atoms with van der Waals surface area (Å²) in [6, 6.07) is 0. The summed E-state index contributed by atoms with van der Waals surface area (Å²) in [5, 5.41) is 0. The first-order valence-corrected chi connectivity index (χ1v) is 21.8. The van der Waals surface area contributed by atoms with E-state index in [1.807, 2.05) is 0 Å². The van der Waals surface area contributed by atoms with Crippen LogP contribution in [0.4, 0.5) is 105 Å². The van der Waals surface area contributed by atoms with Crippen molar-refractivity contribution in [1.82, 2.24) is 0 Å². The van der Waals surface area contributed by atoms with Gasteiger partial charge in [-0.25, -0.2) is 67.3 Å².